The summed E-state index contributed by atoms with van der Waals surface area (Å²) in [6.07, 6.45) is -0.515. The molecule has 0 radical (unpaired) electrons. The number of halogens is 1. The highest BCUT2D eigenvalue weighted by molar-refractivity contribution is 9.10. The molecule has 0 aliphatic carbocycles. The van der Waals surface area contributed by atoms with Crippen LogP contribution < -0.4 is 5.32 Å². The molecule has 0 bridgehead atoms. The zero-order valence-corrected chi connectivity index (χ0v) is 12.7. The van der Waals surface area contributed by atoms with Crippen LogP contribution in [0.1, 0.15) is 22.8 Å². The summed E-state index contributed by atoms with van der Waals surface area (Å²) < 4.78 is 0.982. The van der Waals surface area contributed by atoms with Crippen LogP contribution >= 0.6 is 15.9 Å². The average Bonchev–Trinajstić information content (AvgIpc) is 2.35. The van der Waals surface area contributed by atoms with Gasteiger partial charge >= 0.3 is 0 Å². The molecular formula is C16H18BrNO. The van der Waals surface area contributed by atoms with Crippen LogP contribution in [0.5, 0.6) is 0 Å². The summed E-state index contributed by atoms with van der Waals surface area (Å²) >= 11 is 3.41. The lowest BCUT2D eigenvalue weighted by atomic mass is 10.1. The molecule has 1 unspecified atom stereocenters. The third-order valence-electron chi connectivity index (χ3n) is 2.95. The molecule has 0 saturated carbocycles. The zero-order valence-electron chi connectivity index (χ0n) is 11.2. The summed E-state index contributed by atoms with van der Waals surface area (Å²) in [5, 5.41) is 13.4. The zero-order chi connectivity index (χ0) is 13.8. The van der Waals surface area contributed by atoms with Crippen LogP contribution in [0.3, 0.4) is 0 Å². The number of anilines is 1. The predicted molar refractivity (Wildman–Crippen MR) is 83.5 cm³/mol. The van der Waals surface area contributed by atoms with Gasteiger partial charge in [0.15, 0.2) is 0 Å². The molecule has 0 aromatic heterocycles. The van der Waals surface area contributed by atoms with E-state index in [2.05, 4.69) is 53.3 Å². The van der Waals surface area contributed by atoms with E-state index >= 15 is 0 Å². The average molecular weight is 320 g/mol. The quantitative estimate of drug-likeness (QED) is 0.884. The Bertz CT molecular complexity index is 548. The molecule has 0 aliphatic rings. The summed E-state index contributed by atoms with van der Waals surface area (Å²) in [4.78, 5) is 0. The Hall–Kier alpha value is -1.32. The van der Waals surface area contributed by atoms with E-state index in [4.69, 9.17) is 0 Å². The smallest absolute Gasteiger partial charge is 0.0962 e. The molecule has 0 spiro atoms. The molecule has 19 heavy (non-hydrogen) atoms. The highest BCUT2D eigenvalue weighted by Crippen LogP contribution is 2.20. The van der Waals surface area contributed by atoms with E-state index in [9.17, 15) is 5.11 Å². The van der Waals surface area contributed by atoms with Crippen molar-refractivity contribution in [2.75, 3.05) is 11.9 Å². The van der Waals surface area contributed by atoms with Crippen molar-refractivity contribution >= 4 is 21.6 Å². The van der Waals surface area contributed by atoms with Crippen LogP contribution in [0.2, 0.25) is 0 Å². The molecule has 2 rings (SSSR count). The Morgan fingerprint density at radius 1 is 1.11 bits per heavy atom. The van der Waals surface area contributed by atoms with Gasteiger partial charge in [-0.25, -0.2) is 0 Å². The molecule has 2 aromatic carbocycles. The number of benzene rings is 2. The fourth-order valence-electron chi connectivity index (χ4n) is 2.12. The van der Waals surface area contributed by atoms with Crippen molar-refractivity contribution in [2.45, 2.75) is 20.0 Å². The summed E-state index contributed by atoms with van der Waals surface area (Å²) in [5.74, 6) is 0. The minimum atomic E-state index is -0.515. The van der Waals surface area contributed by atoms with Gasteiger partial charge in [-0.15, -0.1) is 0 Å². The Balaban J connectivity index is 2.02. The third-order valence-corrected chi connectivity index (χ3v) is 3.45. The number of hydrogen-bond donors (Lipinski definition) is 2. The van der Waals surface area contributed by atoms with E-state index in [1.165, 1.54) is 11.1 Å². The molecule has 0 heterocycles. The Kier molecular flexibility index (Phi) is 4.61. The van der Waals surface area contributed by atoms with Gasteiger partial charge in [0, 0.05) is 16.7 Å². The van der Waals surface area contributed by atoms with Gasteiger partial charge in [-0.3, -0.25) is 0 Å². The van der Waals surface area contributed by atoms with Gasteiger partial charge < -0.3 is 10.4 Å². The van der Waals surface area contributed by atoms with Crippen molar-refractivity contribution < 1.29 is 5.11 Å². The fourth-order valence-corrected chi connectivity index (χ4v) is 2.54. The van der Waals surface area contributed by atoms with Gasteiger partial charge in [-0.2, -0.15) is 0 Å². The first kappa shape index (κ1) is 14.1. The van der Waals surface area contributed by atoms with Gasteiger partial charge in [0.2, 0.25) is 0 Å². The van der Waals surface area contributed by atoms with Crippen LogP contribution in [0.4, 0.5) is 5.69 Å². The number of nitrogens with one attached hydrogen (secondary N) is 1. The monoisotopic (exact) mass is 319 g/mol. The van der Waals surface area contributed by atoms with Crippen LogP contribution in [-0.4, -0.2) is 11.7 Å². The van der Waals surface area contributed by atoms with Crippen LogP contribution in [0.15, 0.2) is 46.9 Å². The van der Waals surface area contributed by atoms with Gasteiger partial charge in [-0.1, -0.05) is 34.1 Å². The number of hydrogen-bond acceptors (Lipinski definition) is 2. The first-order valence-corrected chi connectivity index (χ1v) is 7.09. The van der Waals surface area contributed by atoms with Crippen molar-refractivity contribution in [1.29, 1.82) is 0 Å². The number of aliphatic hydroxyl groups is 1. The maximum absolute atomic E-state index is 10.2. The third kappa shape index (κ3) is 4.08. The molecule has 0 aliphatic heterocycles. The molecule has 2 N–H and O–H groups in total. The van der Waals surface area contributed by atoms with E-state index in [0.717, 1.165) is 15.7 Å². The maximum Gasteiger partial charge on any atom is 0.0962 e. The number of rotatable bonds is 4. The normalized spacial score (nSPS) is 12.2. The van der Waals surface area contributed by atoms with Crippen molar-refractivity contribution in [3.63, 3.8) is 0 Å². The summed E-state index contributed by atoms with van der Waals surface area (Å²) in [6.45, 7) is 4.64. The van der Waals surface area contributed by atoms with Crippen molar-refractivity contribution in [3.05, 3.63) is 63.6 Å². The van der Waals surface area contributed by atoms with Crippen molar-refractivity contribution in [2.24, 2.45) is 0 Å². The number of aliphatic hydroxyl groups excluding tert-OH is 1. The lowest BCUT2D eigenvalue weighted by Crippen LogP contribution is -2.12. The van der Waals surface area contributed by atoms with Crippen molar-refractivity contribution in [1.82, 2.24) is 0 Å². The van der Waals surface area contributed by atoms with E-state index in [-0.39, 0.29) is 0 Å². The molecule has 2 nitrogen and oxygen atoms in total. The van der Waals surface area contributed by atoms with E-state index in [1.54, 1.807) is 0 Å². The second-order valence-electron chi connectivity index (χ2n) is 4.83. The fraction of sp³-hybridized carbons (Fsp3) is 0.250. The minimum Gasteiger partial charge on any atom is -0.387 e. The summed E-state index contributed by atoms with van der Waals surface area (Å²) in [6, 6.07) is 14.1. The highest BCUT2D eigenvalue weighted by atomic mass is 79.9. The Morgan fingerprint density at radius 2 is 1.79 bits per heavy atom. The Morgan fingerprint density at radius 3 is 2.42 bits per heavy atom. The van der Waals surface area contributed by atoms with Gasteiger partial charge in [-0.05, 0) is 54.8 Å². The minimum absolute atomic E-state index is 0.499. The molecule has 1 atom stereocenters. The Labute approximate surface area is 122 Å². The van der Waals surface area contributed by atoms with Gasteiger partial charge in [0.25, 0.3) is 0 Å². The molecule has 0 saturated heterocycles. The SMILES string of the molecule is Cc1cc(C)cc(NCC(O)c2cccc(Br)c2)c1. The molecular weight excluding hydrogens is 302 g/mol. The molecule has 2 aromatic rings. The van der Waals surface area contributed by atoms with Crippen LogP contribution in [-0.2, 0) is 0 Å². The summed E-state index contributed by atoms with van der Waals surface area (Å²) in [7, 11) is 0. The molecule has 100 valence electrons. The highest BCUT2D eigenvalue weighted by Gasteiger charge is 2.07. The van der Waals surface area contributed by atoms with Crippen LogP contribution in [0, 0.1) is 13.8 Å². The summed E-state index contributed by atoms with van der Waals surface area (Å²) in [5.41, 5.74) is 4.40. The second-order valence-corrected chi connectivity index (χ2v) is 5.74. The lowest BCUT2D eigenvalue weighted by molar-refractivity contribution is 0.191. The number of aryl methyl sites for hydroxylation is 2. The predicted octanol–water partition coefficient (Wildman–Crippen LogP) is 4.21. The maximum atomic E-state index is 10.2. The largest absolute Gasteiger partial charge is 0.387 e. The first-order valence-electron chi connectivity index (χ1n) is 6.30. The van der Waals surface area contributed by atoms with E-state index < -0.39 is 6.10 Å². The molecule has 0 amide bonds. The second kappa shape index (κ2) is 6.22. The van der Waals surface area contributed by atoms with Crippen molar-refractivity contribution in [3.8, 4) is 0 Å². The van der Waals surface area contributed by atoms with Gasteiger partial charge in [0.1, 0.15) is 0 Å². The topological polar surface area (TPSA) is 32.3 Å². The lowest BCUT2D eigenvalue weighted by Gasteiger charge is -2.14. The standard InChI is InChI=1S/C16H18BrNO/c1-11-6-12(2)8-15(7-11)18-10-16(19)13-4-3-5-14(17)9-13/h3-9,16,18-19H,10H2,1-2H3. The first-order chi connectivity index (χ1) is 9.04. The van der Waals surface area contributed by atoms with E-state index in [0.29, 0.717) is 6.54 Å². The van der Waals surface area contributed by atoms with Crippen LogP contribution in [0.25, 0.3) is 0 Å². The molecule has 0 fully saturated rings. The van der Waals surface area contributed by atoms with E-state index in [1.807, 2.05) is 24.3 Å². The molecule has 3 heteroatoms. The van der Waals surface area contributed by atoms with Gasteiger partial charge in [0.05, 0.1) is 6.10 Å².